The summed E-state index contributed by atoms with van der Waals surface area (Å²) in [5, 5.41) is 8.00. The Morgan fingerprint density at radius 1 is 1.16 bits per heavy atom. The molecule has 1 aromatic heterocycles. The van der Waals surface area contributed by atoms with Gasteiger partial charge in [-0.05, 0) is 36.8 Å². The minimum atomic E-state index is -0.0610. The summed E-state index contributed by atoms with van der Waals surface area (Å²) >= 11 is 6.00. The van der Waals surface area contributed by atoms with Crippen LogP contribution in [0.15, 0.2) is 48.8 Å². The molecule has 162 valence electrons. The number of carbonyl (C=O) groups is 1. The largest absolute Gasteiger partial charge is 0.494 e. The molecule has 0 bridgehead atoms. The van der Waals surface area contributed by atoms with Gasteiger partial charge in [0.1, 0.15) is 23.6 Å². The van der Waals surface area contributed by atoms with Crippen LogP contribution in [0.5, 0.6) is 5.75 Å². The zero-order valence-electron chi connectivity index (χ0n) is 17.6. The average molecular weight is 441 g/mol. The molecule has 2 amide bonds. The molecule has 1 saturated heterocycles. The number of ether oxygens (including phenoxy) is 1. The molecule has 1 aliphatic heterocycles. The molecule has 0 unspecified atom stereocenters. The molecule has 1 N–H and O–H groups in total. The number of methoxy groups -OCH3 is 1. The third kappa shape index (κ3) is 4.91. The molecule has 0 spiro atoms. The molecule has 0 atom stereocenters. The monoisotopic (exact) mass is 440 g/mol. The van der Waals surface area contributed by atoms with E-state index in [1.165, 1.54) is 0 Å². The second-order valence-corrected chi connectivity index (χ2v) is 7.79. The van der Waals surface area contributed by atoms with Crippen LogP contribution in [0.3, 0.4) is 0 Å². The van der Waals surface area contributed by atoms with Crippen molar-refractivity contribution in [2.24, 2.45) is 0 Å². The van der Waals surface area contributed by atoms with Crippen LogP contribution in [-0.4, -0.2) is 59.0 Å². The van der Waals surface area contributed by atoms with Gasteiger partial charge in [0.15, 0.2) is 0 Å². The Bertz CT molecular complexity index is 1060. The van der Waals surface area contributed by atoms with E-state index in [1.807, 2.05) is 54.3 Å². The Balaban J connectivity index is 1.35. The molecule has 3 aromatic rings. The minimum Gasteiger partial charge on any atom is -0.494 e. The van der Waals surface area contributed by atoms with E-state index in [-0.39, 0.29) is 6.03 Å². The van der Waals surface area contributed by atoms with E-state index in [1.54, 1.807) is 18.1 Å². The van der Waals surface area contributed by atoms with E-state index in [2.05, 4.69) is 20.3 Å². The number of benzene rings is 2. The molecule has 8 nitrogen and oxygen atoms in total. The molecule has 0 radical (unpaired) electrons. The van der Waals surface area contributed by atoms with Gasteiger partial charge in [0.2, 0.25) is 0 Å². The highest BCUT2D eigenvalue weighted by atomic mass is 35.5. The van der Waals surface area contributed by atoms with Crippen LogP contribution in [-0.2, 0) is 6.54 Å². The van der Waals surface area contributed by atoms with Crippen molar-refractivity contribution in [1.29, 1.82) is 0 Å². The Morgan fingerprint density at radius 3 is 2.65 bits per heavy atom. The number of hydrogen-bond acceptors (Lipinski definition) is 5. The third-order valence-corrected chi connectivity index (χ3v) is 5.52. The molecular weight excluding hydrogens is 416 g/mol. The van der Waals surface area contributed by atoms with Crippen molar-refractivity contribution in [3.8, 4) is 11.4 Å². The normalized spacial score (nSPS) is 13.9. The summed E-state index contributed by atoms with van der Waals surface area (Å²) in [5.74, 6) is 1.43. The molecule has 1 fully saturated rings. The number of amides is 2. The molecule has 4 rings (SSSR count). The van der Waals surface area contributed by atoms with Crippen LogP contribution in [0.1, 0.15) is 11.4 Å². The SMILES string of the molecule is COc1cc(N2CCN(C(=O)NCc3cccc(Cl)c3)CC2)ccc1-n1cnc(C)n1. The Hall–Kier alpha value is -3.26. The van der Waals surface area contributed by atoms with Gasteiger partial charge >= 0.3 is 6.03 Å². The molecule has 2 heterocycles. The highest BCUT2D eigenvalue weighted by Crippen LogP contribution is 2.28. The summed E-state index contributed by atoms with van der Waals surface area (Å²) in [7, 11) is 1.65. The maximum Gasteiger partial charge on any atom is 0.317 e. The minimum absolute atomic E-state index is 0.0610. The van der Waals surface area contributed by atoms with Crippen LogP contribution in [0, 0.1) is 6.92 Å². The zero-order chi connectivity index (χ0) is 21.8. The predicted octanol–water partition coefficient (Wildman–Crippen LogP) is 3.27. The number of rotatable bonds is 5. The van der Waals surface area contributed by atoms with Crippen molar-refractivity contribution < 1.29 is 9.53 Å². The van der Waals surface area contributed by atoms with E-state index >= 15 is 0 Å². The highest BCUT2D eigenvalue weighted by Gasteiger charge is 2.22. The quantitative estimate of drug-likeness (QED) is 0.659. The second-order valence-electron chi connectivity index (χ2n) is 7.36. The van der Waals surface area contributed by atoms with Gasteiger partial charge in [-0.2, -0.15) is 5.10 Å². The number of nitrogens with zero attached hydrogens (tertiary/aromatic N) is 5. The lowest BCUT2D eigenvalue weighted by atomic mass is 10.2. The topological polar surface area (TPSA) is 75.5 Å². The molecule has 2 aromatic carbocycles. The third-order valence-electron chi connectivity index (χ3n) is 5.28. The van der Waals surface area contributed by atoms with Gasteiger partial charge in [-0.25, -0.2) is 14.5 Å². The fraction of sp³-hybridized carbons (Fsp3) is 0.318. The van der Waals surface area contributed by atoms with Gasteiger partial charge in [0.05, 0.1) is 7.11 Å². The summed E-state index contributed by atoms with van der Waals surface area (Å²) in [6.45, 7) is 5.09. The number of nitrogens with one attached hydrogen (secondary N) is 1. The number of aryl methyl sites for hydroxylation is 1. The smallest absolute Gasteiger partial charge is 0.317 e. The van der Waals surface area contributed by atoms with Crippen LogP contribution < -0.4 is 15.0 Å². The first-order valence-electron chi connectivity index (χ1n) is 10.1. The summed E-state index contributed by atoms with van der Waals surface area (Å²) in [6, 6.07) is 13.5. The summed E-state index contributed by atoms with van der Waals surface area (Å²) in [6.07, 6.45) is 1.67. The number of piperazine rings is 1. The van der Waals surface area contributed by atoms with Crippen molar-refractivity contribution >= 4 is 23.3 Å². The maximum absolute atomic E-state index is 12.5. The molecule has 0 aliphatic carbocycles. The fourth-order valence-electron chi connectivity index (χ4n) is 3.62. The summed E-state index contributed by atoms with van der Waals surface area (Å²) in [4.78, 5) is 20.8. The number of urea groups is 1. The number of anilines is 1. The second kappa shape index (κ2) is 9.26. The molecule has 31 heavy (non-hydrogen) atoms. The van der Waals surface area contributed by atoms with E-state index < -0.39 is 0 Å². The van der Waals surface area contributed by atoms with Crippen LogP contribution >= 0.6 is 11.6 Å². The standard InChI is InChI=1S/C22H25ClN6O2/c1-16-25-15-29(26-16)20-7-6-19(13-21(20)31-2)27-8-10-28(11-9-27)22(30)24-14-17-4-3-5-18(23)12-17/h3-7,12-13,15H,8-11,14H2,1-2H3,(H,24,30). The first-order chi connectivity index (χ1) is 15.0. The predicted molar refractivity (Wildman–Crippen MR) is 120 cm³/mol. The average Bonchev–Trinajstić information content (AvgIpc) is 3.23. The first kappa shape index (κ1) is 21.0. The summed E-state index contributed by atoms with van der Waals surface area (Å²) < 4.78 is 7.29. The molecule has 1 aliphatic rings. The van der Waals surface area contributed by atoms with Crippen LogP contribution in [0.25, 0.3) is 5.69 Å². The van der Waals surface area contributed by atoms with E-state index in [0.717, 1.165) is 35.8 Å². The Labute approximate surface area is 186 Å². The van der Waals surface area contributed by atoms with Crippen molar-refractivity contribution in [1.82, 2.24) is 25.0 Å². The summed E-state index contributed by atoms with van der Waals surface area (Å²) in [5.41, 5.74) is 2.87. The number of hydrogen-bond donors (Lipinski definition) is 1. The number of carbonyl (C=O) groups excluding carboxylic acids is 1. The lowest BCUT2D eigenvalue weighted by molar-refractivity contribution is 0.194. The van der Waals surface area contributed by atoms with Crippen molar-refractivity contribution in [3.05, 3.63) is 65.2 Å². The van der Waals surface area contributed by atoms with E-state index in [0.29, 0.717) is 30.5 Å². The fourth-order valence-corrected chi connectivity index (χ4v) is 3.83. The van der Waals surface area contributed by atoms with Gasteiger partial charge in [-0.1, -0.05) is 23.7 Å². The van der Waals surface area contributed by atoms with Crippen molar-refractivity contribution in [2.45, 2.75) is 13.5 Å². The van der Waals surface area contributed by atoms with Gasteiger partial charge in [-0.3, -0.25) is 0 Å². The van der Waals surface area contributed by atoms with Crippen LogP contribution in [0.4, 0.5) is 10.5 Å². The van der Waals surface area contributed by atoms with Crippen LogP contribution in [0.2, 0.25) is 5.02 Å². The van der Waals surface area contributed by atoms with E-state index in [4.69, 9.17) is 16.3 Å². The molecule has 9 heteroatoms. The molecule has 0 saturated carbocycles. The van der Waals surface area contributed by atoms with E-state index in [9.17, 15) is 4.79 Å². The highest BCUT2D eigenvalue weighted by molar-refractivity contribution is 6.30. The van der Waals surface area contributed by atoms with Gasteiger partial charge in [-0.15, -0.1) is 0 Å². The van der Waals surface area contributed by atoms with Gasteiger partial charge in [0, 0.05) is 49.5 Å². The number of aromatic nitrogens is 3. The zero-order valence-corrected chi connectivity index (χ0v) is 18.3. The Kier molecular flexibility index (Phi) is 6.27. The Morgan fingerprint density at radius 2 is 1.97 bits per heavy atom. The maximum atomic E-state index is 12.5. The van der Waals surface area contributed by atoms with Gasteiger partial charge < -0.3 is 19.9 Å². The van der Waals surface area contributed by atoms with Crippen molar-refractivity contribution in [2.75, 3.05) is 38.2 Å². The van der Waals surface area contributed by atoms with Gasteiger partial charge in [0.25, 0.3) is 0 Å². The van der Waals surface area contributed by atoms with Crippen molar-refractivity contribution in [3.63, 3.8) is 0 Å². The molecular formula is C22H25ClN6O2. The lowest BCUT2D eigenvalue weighted by Crippen LogP contribution is -2.51. The lowest BCUT2D eigenvalue weighted by Gasteiger charge is -2.36. The number of halogens is 1. The first-order valence-corrected chi connectivity index (χ1v) is 10.5.